The molecule has 0 radical (unpaired) electrons. The number of hydrogen-bond acceptors (Lipinski definition) is 6. The van der Waals surface area contributed by atoms with Crippen LogP contribution in [-0.4, -0.2) is 33.3 Å². The van der Waals surface area contributed by atoms with Gasteiger partial charge >= 0.3 is 5.97 Å². The zero-order chi connectivity index (χ0) is 16.8. The normalized spacial score (nSPS) is 10.5. The summed E-state index contributed by atoms with van der Waals surface area (Å²) in [7, 11) is 1.61. The van der Waals surface area contributed by atoms with Crippen LogP contribution in [0.5, 0.6) is 0 Å². The van der Waals surface area contributed by atoms with Crippen LogP contribution in [0.1, 0.15) is 21.7 Å². The largest absolute Gasteiger partial charge is 0.454 e. The van der Waals surface area contributed by atoms with Gasteiger partial charge in [0.2, 0.25) is 0 Å². The van der Waals surface area contributed by atoms with E-state index >= 15 is 0 Å². The quantitative estimate of drug-likeness (QED) is 0.647. The topological polar surface area (TPSA) is 79.1 Å². The van der Waals surface area contributed by atoms with Gasteiger partial charge in [-0.25, -0.2) is 4.79 Å². The Hall–Kier alpha value is -3.06. The summed E-state index contributed by atoms with van der Waals surface area (Å²) in [5, 5.41) is 11.5. The van der Waals surface area contributed by atoms with Crippen molar-refractivity contribution < 1.29 is 14.3 Å². The molecule has 0 amide bonds. The van der Waals surface area contributed by atoms with Gasteiger partial charge in [-0.3, -0.25) is 0 Å². The third-order valence-corrected chi connectivity index (χ3v) is 3.34. The van der Waals surface area contributed by atoms with Crippen LogP contribution in [0.25, 0.3) is 5.69 Å². The molecule has 2 aromatic carbocycles. The number of carbonyl (C=O) groups excluding carboxylic acids is 1. The van der Waals surface area contributed by atoms with Gasteiger partial charge < -0.3 is 9.47 Å². The molecular formula is C17H16N4O3. The number of methoxy groups -OCH3 is 1. The number of aromatic nitrogens is 4. The SMILES string of the molecule is COCc1cccc(C(=O)OCc2nnnn2-c2ccccc2)c1. The van der Waals surface area contributed by atoms with Crippen LogP contribution in [-0.2, 0) is 22.7 Å². The maximum absolute atomic E-state index is 12.2. The lowest BCUT2D eigenvalue weighted by Crippen LogP contribution is -2.10. The van der Waals surface area contributed by atoms with Crippen LogP contribution in [0.4, 0.5) is 0 Å². The Morgan fingerprint density at radius 1 is 1.08 bits per heavy atom. The highest BCUT2D eigenvalue weighted by Gasteiger charge is 2.13. The van der Waals surface area contributed by atoms with E-state index in [2.05, 4.69) is 15.5 Å². The van der Waals surface area contributed by atoms with E-state index in [1.807, 2.05) is 36.4 Å². The van der Waals surface area contributed by atoms with E-state index in [9.17, 15) is 4.79 Å². The molecule has 0 atom stereocenters. The van der Waals surface area contributed by atoms with Crippen molar-refractivity contribution in [3.63, 3.8) is 0 Å². The van der Waals surface area contributed by atoms with Gasteiger partial charge in [-0.2, -0.15) is 4.68 Å². The molecule has 0 saturated heterocycles. The molecule has 24 heavy (non-hydrogen) atoms. The fraction of sp³-hybridized carbons (Fsp3) is 0.176. The lowest BCUT2D eigenvalue weighted by molar-refractivity contribution is 0.0459. The monoisotopic (exact) mass is 324 g/mol. The summed E-state index contributed by atoms with van der Waals surface area (Å²) >= 11 is 0. The van der Waals surface area contributed by atoms with Crippen molar-refractivity contribution in [3.05, 3.63) is 71.5 Å². The molecule has 0 aliphatic heterocycles. The van der Waals surface area contributed by atoms with Crippen molar-refractivity contribution in [1.82, 2.24) is 20.2 Å². The number of carbonyl (C=O) groups is 1. The Morgan fingerprint density at radius 3 is 2.71 bits per heavy atom. The number of rotatable bonds is 6. The van der Waals surface area contributed by atoms with Gasteiger partial charge in [0.1, 0.15) is 0 Å². The molecule has 0 fully saturated rings. The molecule has 0 bridgehead atoms. The second kappa shape index (κ2) is 7.47. The van der Waals surface area contributed by atoms with Gasteiger partial charge in [0.05, 0.1) is 17.9 Å². The average Bonchev–Trinajstić information content (AvgIpc) is 3.09. The number of para-hydroxylation sites is 1. The van der Waals surface area contributed by atoms with Crippen molar-refractivity contribution >= 4 is 5.97 Å². The lowest BCUT2D eigenvalue weighted by Gasteiger charge is -2.07. The summed E-state index contributed by atoms with van der Waals surface area (Å²) in [4.78, 5) is 12.2. The van der Waals surface area contributed by atoms with Crippen LogP contribution in [0.3, 0.4) is 0 Å². The molecule has 7 heteroatoms. The number of ether oxygens (including phenoxy) is 2. The number of hydrogen-bond donors (Lipinski definition) is 0. The van der Waals surface area contributed by atoms with Gasteiger partial charge in [-0.15, -0.1) is 5.10 Å². The average molecular weight is 324 g/mol. The van der Waals surface area contributed by atoms with Crippen LogP contribution < -0.4 is 0 Å². The van der Waals surface area contributed by atoms with E-state index in [1.54, 1.807) is 25.3 Å². The third-order valence-electron chi connectivity index (χ3n) is 3.34. The van der Waals surface area contributed by atoms with Crippen LogP contribution >= 0.6 is 0 Å². The maximum atomic E-state index is 12.2. The molecule has 3 rings (SSSR count). The Kier molecular flexibility index (Phi) is 4.93. The number of nitrogens with zero attached hydrogens (tertiary/aromatic N) is 4. The molecule has 0 aliphatic rings. The highest BCUT2D eigenvalue weighted by Crippen LogP contribution is 2.11. The Balaban J connectivity index is 1.69. The van der Waals surface area contributed by atoms with Gasteiger partial charge in [0.25, 0.3) is 0 Å². The number of tetrazole rings is 1. The Labute approximate surface area is 138 Å². The van der Waals surface area contributed by atoms with Crippen molar-refractivity contribution in [1.29, 1.82) is 0 Å². The van der Waals surface area contributed by atoms with E-state index in [0.29, 0.717) is 18.0 Å². The lowest BCUT2D eigenvalue weighted by atomic mass is 10.1. The first kappa shape index (κ1) is 15.8. The van der Waals surface area contributed by atoms with E-state index in [4.69, 9.17) is 9.47 Å². The first-order valence-electron chi connectivity index (χ1n) is 7.35. The van der Waals surface area contributed by atoms with Gasteiger partial charge in [-0.1, -0.05) is 30.3 Å². The third kappa shape index (κ3) is 3.64. The molecule has 0 aliphatic carbocycles. The van der Waals surface area contributed by atoms with Crippen molar-refractivity contribution in [3.8, 4) is 5.69 Å². The van der Waals surface area contributed by atoms with Gasteiger partial charge in [-0.05, 0) is 40.3 Å². The molecule has 1 heterocycles. The smallest absolute Gasteiger partial charge is 0.338 e. The summed E-state index contributed by atoms with van der Waals surface area (Å²) < 4.78 is 11.9. The second-order valence-corrected chi connectivity index (χ2v) is 5.05. The first-order valence-corrected chi connectivity index (χ1v) is 7.35. The summed E-state index contributed by atoms with van der Waals surface area (Å²) in [6.45, 7) is 0.419. The molecule has 7 nitrogen and oxygen atoms in total. The van der Waals surface area contributed by atoms with Crippen LogP contribution in [0.15, 0.2) is 54.6 Å². The summed E-state index contributed by atoms with van der Waals surface area (Å²) in [5.74, 6) is 0.0122. The minimum Gasteiger partial charge on any atom is -0.454 e. The van der Waals surface area contributed by atoms with E-state index in [1.165, 1.54) is 4.68 Å². The van der Waals surface area contributed by atoms with Gasteiger partial charge in [0.15, 0.2) is 12.4 Å². The minimum absolute atomic E-state index is 0.0186. The molecule has 1 aromatic heterocycles. The summed E-state index contributed by atoms with van der Waals surface area (Å²) in [6.07, 6.45) is 0. The maximum Gasteiger partial charge on any atom is 0.338 e. The van der Waals surface area contributed by atoms with E-state index in [-0.39, 0.29) is 6.61 Å². The van der Waals surface area contributed by atoms with E-state index in [0.717, 1.165) is 11.3 Å². The molecule has 0 spiro atoms. The zero-order valence-corrected chi connectivity index (χ0v) is 13.1. The molecule has 0 N–H and O–H groups in total. The van der Waals surface area contributed by atoms with Gasteiger partial charge in [0, 0.05) is 7.11 Å². The number of benzene rings is 2. The highest BCUT2D eigenvalue weighted by atomic mass is 16.5. The molecule has 0 unspecified atom stereocenters. The number of esters is 1. The predicted molar refractivity (Wildman–Crippen MR) is 85.4 cm³/mol. The molecular weight excluding hydrogens is 308 g/mol. The fourth-order valence-electron chi connectivity index (χ4n) is 2.23. The molecule has 0 saturated carbocycles. The minimum atomic E-state index is -0.435. The van der Waals surface area contributed by atoms with Crippen molar-refractivity contribution in [2.45, 2.75) is 13.2 Å². The second-order valence-electron chi connectivity index (χ2n) is 5.05. The van der Waals surface area contributed by atoms with Crippen LogP contribution in [0.2, 0.25) is 0 Å². The summed E-state index contributed by atoms with van der Waals surface area (Å²) in [6, 6.07) is 16.5. The Morgan fingerprint density at radius 2 is 1.92 bits per heavy atom. The zero-order valence-electron chi connectivity index (χ0n) is 13.1. The molecule has 122 valence electrons. The molecule has 3 aromatic rings. The summed E-state index contributed by atoms with van der Waals surface area (Å²) in [5.41, 5.74) is 2.17. The highest BCUT2D eigenvalue weighted by molar-refractivity contribution is 5.89. The first-order chi connectivity index (χ1) is 11.8. The Bertz CT molecular complexity index is 817. The van der Waals surface area contributed by atoms with Crippen LogP contribution in [0, 0.1) is 0 Å². The van der Waals surface area contributed by atoms with Crippen molar-refractivity contribution in [2.24, 2.45) is 0 Å². The van der Waals surface area contributed by atoms with E-state index < -0.39 is 5.97 Å². The fourth-order valence-corrected chi connectivity index (χ4v) is 2.23. The standard InChI is InChI=1S/C17H16N4O3/c1-23-11-13-6-5-7-14(10-13)17(22)24-12-16-18-19-20-21(16)15-8-3-2-4-9-15/h2-10H,11-12H2,1H3. The predicted octanol–water partition coefficient (Wildman–Crippen LogP) is 2.17. The van der Waals surface area contributed by atoms with Crippen molar-refractivity contribution in [2.75, 3.05) is 7.11 Å².